The van der Waals surface area contributed by atoms with Gasteiger partial charge in [-0.15, -0.1) is 0 Å². The van der Waals surface area contributed by atoms with E-state index < -0.39 is 35.1 Å². The number of nitrogens with zero attached hydrogens (tertiary/aromatic N) is 9. The molecule has 7 rings (SSSR count). The quantitative estimate of drug-likeness (QED) is 0.105. The zero-order valence-corrected chi connectivity index (χ0v) is 39.3. The van der Waals surface area contributed by atoms with Gasteiger partial charge in [-0.3, -0.25) is 9.88 Å². The van der Waals surface area contributed by atoms with E-state index in [9.17, 15) is 14.4 Å². The maximum atomic E-state index is 14.6. The van der Waals surface area contributed by atoms with Crippen LogP contribution in [0.2, 0.25) is 0 Å². The number of hydrogen-bond acceptors (Lipinski definition) is 16. The molecule has 19 nitrogen and oxygen atoms in total. The van der Waals surface area contributed by atoms with E-state index in [-0.39, 0.29) is 41.6 Å². The van der Waals surface area contributed by atoms with E-state index >= 15 is 0 Å². The first-order chi connectivity index (χ1) is 30.7. The van der Waals surface area contributed by atoms with E-state index in [0.717, 1.165) is 69.2 Å². The van der Waals surface area contributed by atoms with E-state index in [0.29, 0.717) is 36.3 Å². The normalized spacial score (nSPS) is 17.6. The standard InChI is InChI=1S/C46H63N9O10/c1-30-38(55(42(57)64-45(5,6)7)43(58)65-46(8,9)10)49-33(26-48-30)34-27-53-17-16-47-39(53)40(50-34)54(41(56)63-44(2,3)4)31-14-15-35(52-20-18-51(19-21-52)32-28-59-29-32)36(25-31)60-23-24-62-37-13-11-12-22-61-37/h14-17,25-27,32,37H,11-13,18-24,28-29H2,1-10H3. The number of benzene rings is 1. The first-order valence-electron chi connectivity index (χ1n) is 22.3. The van der Waals surface area contributed by atoms with Crippen LogP contribution in [-0.4, -0.2) is 136 Å². The molecular weight excluding hydrogens is 839 g/mol. The van der Waals surface area contributed by atoms with Gasteiger partial charge in [-0.05, 0) is 101 Å². The third-order valence-electron chi connectivity index (χ3n) is 10.5. The smallest absolute Gasteiger partial charge is 0.425 e. The summed E-state index contributed by atoms with van der Waals surface area (Å²) in [6.07, 6.45) is 6.32. The van der Waals surface area contributed by atoms with Crippen LogP contribution in [0.5, 0.6) is 5.75 Å². The number of rotatable bonds is 11. The lowest BCUT2D eigenvalue weighted by molar-refractivity contribution is -0.165. The van der Waals surface area contributed by atoms with Gasteiger partial charge in [0.15, 0.2) is 23.6 Å². The molecule has 0 saturated carbocycles. The molecule has 1 atom stereocenters. The maximum absolute atomic E-state index is 14.6. The summed E-state index contributed by atoms with van der Waals surface area (Å²) in [5.41, 5.74) is -0.580. The number of piperazine rings is 1. The van der Waals surface area contributed by atoms with Gasteiger partial charge in [0.2, 0.25) is 0 Å². The molecule has 0 N–H and O–H groups in total. The highest BCUT2D eigenvalue weighted by Crippen LogP contribution is 2.39. The summed E-state index contributed by atoms with van der Waals surface area (Å²) in [6, 6.07) is 6.02. The molecule has 3 fully saturated rings. The van der Waals surface area contributed by atoms with E-state index in [1.165, 1.54) is 11.1 Å². The highest BCUT2D eigenvalue weighted by atomic mass is 16.7. The van der Waals surface area contributed by atoms with Gasteiger partial charge in [0.25, 0.3) is 0 Å². The summed E-state index contributed by atoms with van der Waals surface area (Å²) >= 11 is 0. The molecule has 6 heterocycles. The number of imide groups is 1. The van der Waals surface area contributed by atoms with E-state index in [4.69, 9.17) is 43.1 Å². The Hall–Kier alpha value is -5.63. The Morgan fingerprint density at radius 3 is 2.08 bits per heavy atom. The topological polar surface area (TPSA) is 185 Å². The van der Waals surface area contributed by atoms with E-state index in [2.05, 4.69) is 19.8 Å². The van der Waals surface area contributed by atoms with Crippen LogP contribution in [0.1, 0.15) is 87.3 Å². The van der Waals surface area contributed by atoms with Gasteiger partial charge in [0.1, 0.15) is 40.5 Å². The first kappa shape index (κ1) is 47.3. The van der Waals surface area contributed by atoms with Gasteiger partial charge in [0.05, 0.1) is 49.1 Å². The highest BCUT2D eigenvalue weighted by Gasteiger charge is 2.37. The monoisotopic (exact) mass is 901 g/mol. The minimum Gasteiger partial charge on any atom is -0.489 e. The van der Waals surface area contributed by atoms with Crippen LogP contribution >= 0.6 is 0 Å². The fourth-order valence-electron chi connectivity index (χ4n) is 7.40. The predicted octanol–water partition coefficient (Wildman–Crippen LogP) is 7.69. The molecule has 65 heavy (non-hydrogen) atoms. The highest BCUT2D eigenvalue weighted by molar-refractivity contribution is 6.09. The summed E-state index contributed by atoms with van der Waals surface area (Å²) in [5, 5.41) is 0. The summed E-state index contributed by atoms with van der Waals surface area (Å²) < 4.78 is 42.8. The Kier molecular flexibility index (Phi) is 14.2. The second-order valence-corrected chi connectivity index (χ2v) is 19.3. The molecule has 0 spiro atoms. The summed E-state index contributed by atoms with van der Waals surface area (Å²) in [7, 11) is 0. The summed E-state index contributed by atoms with van der Waals surface area (Å²) in [5.74, 6) is 0.524. The molecule has 352 valence electrons. The van der Waals surface area contributed by atoms with Crippen LogP contribution in [0.4, 0.5) is 37.4 Å². The fraction of sp³-hybridized carbons (Fsp3) is 0.587. The van der Waals surface area contributed by atoms with Gasteiger partial charge in [-0.1, -0.05) is 0 Å². The summed E-state index contributed by atoms with van der Waals surface area (Å²) in [6.45, 7) is 23.1. The Morgan fingerprint density at radius 2 is 1.46 bits per heavy atom. The van der Waals surface area contributed by atoms with E-state index in [1.807, 2.05) is 12.1 Å². The Balaban J connectivity index is 1.29. The van der Waals surface area contributed by atoms with Crippen molar-refractivity contribution in [2.45, 2.75) is 118 Å². The number of aromatic nitrogens is 5. The number of fused-ring (bicyclic) bond motifs is 1. The number of anilines is 4. The predicted molar refractivity (Wildman–Crippen MR) is 242 cm³/mol. The van der Waals surface area contributed by atoms with Crippen molar-refractivity contribution in [2.24, 2.45) is 0 Å². The molecule has 0 bridgehead atoms. The fourth-order valence-corrected chi connectivity index (χ4v) is 7.40. The van der Waals surface area contributed by atoms with Crippen molar-refractivity contribution in [3.63, 3.8) is 0 Å². The largest absolute Gasteiger partial charge is 0.489 e. The first-order valence-corrected chi connectivity index (χ1v) is 22.3. The second-order valence-electron chi connectivity index (χ2n) is 19.3. The van der Waals surface area contributed by atoms with Crippen LogP contribution in [-0.2, 0) is 28.4 Å². The van der Waals surface area contributed by atoms with Gasteiger partial charge >= 0.3 is 18.3 Å². The molecule has 0 aliphatic carbocycles. The number of imidazole rings is 1. The third kappa shape index (κ3) is 12.0. The lowest BCUT2D eigenvalue weighted by atomic mass is 10.1. The summed E-state index contributed by atoms with van der Waals surface area (Å²) in [4.78, 5) is 67.7. The van der Waals surface area contributed by atoms with Gasteiger partial charge < -0.3 is 42.5 Å². The van der Waals surface area contributed by atoms with Crippen LogP contribution in [0.15, 0.2) is 43.0 Å². The number of aryl methyl sites for hydroxylation is 1. The third-order valence-corrected chi connectivity index (χ3v) is 10.5. The zero-order chi connectivity index (χ0) is 46.7. The maximum Gasteiger partial charge on any atom is 0.425 e. The van der Waals surface area contributed by atoms with Gasteiger partial charge in [-0.25, -0.2) is 34.2 Å². The van der Waals surface area contributed by atoms with Gasteiger partial charge in [0, 0.05) is 57.4 Å². The minimum absolute atomic E-state index is 0.106. The molecule has 3 amide bonds. The van der Waals surface area contributed by atoms with Crippen molar-refractivity contribution in [3.8, 4) is 17.1 Å². The average molecular weight is 902 g/mol. The number of hydrogen-bond donors (Lipinski definition) is 0. The Labute approximate surface area is 380 Å². The molecule has 3 aromatic heterocycles. The number of carbonyl (C=O) groups is 3. The lowest BCUT2D eigenvalue weighted by Gasteiger charge is -2.43. The SMILES string of the molecule is Cc1ncc(-c2cn3ccnc3c(N(C(=O)OC(C)(C)C)c3ccc(N4CCN(C5COC5)CC4)c(OCCOC4CCCCO4)c3)n2)nc1N(C(=O)OC(C)(C)C)C(=O)OC(C)(C)C. The number of ether oxygens (including phenoxy) is 7. The molecule has 1 aromatic carbocycles. The Morgan fingerprint density at radius 1 is 0.800 bits per heavy atom. The van der Waals surface area contributed by atoms with Crippen molar-refractivity contribution in [2.75, 3.05) is 73.9 Å². The molecule has 1 unspecified atom stereocenters. The van der Waals surface area contributed by atoms with Crippen LogP contribution in [0.25, 0.3) is 17.0 Å². The van der Waals surface area contributed by atoms with Crippen LogP contribution in [0.3, 0.4) is 0 Å². The van der Waals surface area contributed by atoms with Crippen molar-refractivity contribution < 1.29 is 47.5 Å². The zero-order valence-electron chi connectivity index (χ0n) is 39.3. The average Bonchev–Trinajstić information content (AvgIpc) is 3.68. The molecular formula is C46H63N9O10. The van der Waals surface area contributed by atoms with Crippen LogP contribution < -0.4 is 19.4 Å². The second kappa shape index (κ2) is 19.5. The Bertz CT molecular complexity index is 2290. The van der Waals surface area contributed by atoms with Crippen LogP contribution in [0, 0.1) is 6.92 Å². The number of carbonyl (C=O) groups excluding carboxylic acids is 3. The van der Waals surface area contributed by atoms with Gasteiger partial charge in [-0.2, -0.15) is 4.90 Å². The molecule has 19 heteroatoms. The molecule has 3 aliphatic heterocycles. The molecule has 3 aliphatic rings. The van der Waals surface area contributed by atoms with Crippen molar-refractivity contribution >= 4 is 46.9 Å². The molecule has 4 aromatic rings. The van der Waals surface area contributed by atoms with E-state index in [1.54, 1.807) is 98.3 Å². The van der Waals surface area contributed by atoms with Crippen molar-refractivity contribution in [1.82, 2.24) is 29.2 Å². The lowest BCUT2D eigenvalue weighted by Crippen LogP contribution is -2.56. The minimum atomic E-state index is -0.999. The number of amides is 3. The van der Waals surface area contributed by atoms with Crippen molar-refractivity contribution in [3.05, 3.63) is 48.7 Å². The molecule has 3 saturated heterocycles. The molecule has 0 radical (unpaired) electrons. The van der Waals surface area contributed by atoms with Crippen molar-refractivity contribution in [1.29, 1.82) is 0 Å².